The number of carbonyl (C=O) groups is 1. The topological polar surface area (TPSA) is 106 Å². The zero-order valence-corrected chi connectivity index (χ0v) is 20.3. The second-order valence-electron chi connectivity index (χ2n) is 8.44. The first-order chi connectivity index (χ1) is 16.9. The Labute approximate surface area is 209 Å². The summed E-state index contributed by atoms with van der Waals surface area (Å²) in [6.45, 7) is 0. The molecule has 0 spiro atoms. The van der Waals surface area contributed by atoms with Crippen molar-refractivity contribution >= 4 is 39.8 Å². The van der Waals surface area contributed by atoms with Crippen molar-refractivity contribution < 1.29 is 18.7 Å². The SMILES string of the molecule is N/C(=C\Br)n1ncc(-c2cnc(-c3ccccc3)c(F)c2)c1/N=C/C1CCC(C(F)C(=O)O)CC1. The fraction of sp³-hybridized carbons (Fsp3) is 0.280. The smallest absolute Gasteiger partial charge is 0.338 e. The summed E-state index contributed by atoms with van der Waals surface area (Å²) in [6.07, 6.45) is 5.21. The number of carboxylic acids is 1. The Bertz CT molecular complexity index is 1250. The second kappa shape index (κ2) is 10.9. The molecule has 10 heteroatoms. The molecular formula is C25H24BrF2N5O2. The van der Waals surface area contributed by atoms with Gasteiger partial charge in [0.1, 0.15) is 17.3 Å². The molecule has 35 heavy (non-hydrogen) atoms. The summed E-state index contributed by atoms with van der Waals surface area (Å²) in [7, 11) is 0. The third-order valence-electron chi connectivity index (χ3n) is 6.17. The molecule has 1 aliphatic rings. The van der Waals surface area contributed by atoms with E-state index in [1.807, 2.05) is 18.2 Å². The minimum absolute atomic E-state index is 0.0490. The van der Waals surface area contributed by atoms with Crippen LogP contribution in [0.2, 0.25) is 0 Å². The number of aliphatic imine (C=N–C) groups is 1. The lowest BCUT2D eigenvalue weighted by molar-refractivity contribution is -0.145. The van der Waals surface area contributed by atoms with Gasteiger partial charge in [-0.15, -0.1) is 0 Å². The molecule has 0 saturated heterocycles. The van der Waals surface area contributed by atoms with E-state index >= 15 is 0 Å². The molecule has 3 N–H and O–H groups in total. The average Bonchev–Trinajstić information content (AvgIpc) is 3.31. The van der Waals surface area contributed by atoms with Crippen molar-refractivity contribution in [2.45, 2.75) is 31.9 Å². The van der Waals surface area contributed by atoms with Gasteiger partial charge in [-0.3, -0.25) is 4.98 Å². The number of nitrogens with two attached hydrogens (primary N) is 1. The van der Waals surface area contributed by atoms with Gasteiger partial charge in [-0.1, -0.05) is 46.3 Å². The molecule has 1 atom stereocenters. The first-order valence-electron chi connectivity index (χ1n) is 11.2. The summed E-state index contributed by atoms with van der Waals surface area (Å²) in [5.74, 6) is -1.63. The van der Waals surface area contributed by atoms with Crippen LogP contribution in [0.25, 0.3) is 28.2 Å². The first-order valence-corrected chi connectivity index (χ1v) is 12.1. The van der Waals surface area contributed by atoms with E-state index in [1.54, 1.807) is 30.7 Å². The highest BCUT2D eigenvalue weighted by Gasteiger charge is 2.31. The van der Waals surface area contributed by atoms with E-state index in [1.165, 1.54) is 15.7 Å². The lowest BCUT2D eigenvalue weighted by Gasteiger charge is -2.26. The van der Waals surface area contributed by atoms with Crippen molar-refractivity contribution in [1.82, 2.24) is 14.8 Å². The van der Waals surface area contributed by atoms with Crippen LogP contribution >= 0.6 is 15.9 Å². The number of benzene rings is 1. The maximum atomic E-state index is 15.0. The number of aliphatic carboxylic acids is 1. The number of hydrogen-bond donors (Lipinski definition) is 2. The number of hydrogen-bond acceptors (Lipinski definition) is 5. The van der Waals surface area contributed by atoms with Gasteiger partial charge < -0.3 is 10.8 Å². The zero-order valence-electron chi connectivity index (χ0n) is 18.7. The highest BCUT2D eigenvalue weighted by molar-refractivity contribution is 9.11. The van der Waals surface area contributed by atoms with E-state index in [0.717, 1.165) is 0 Å². The van der Waals surface area contributed by atoms with Gasteiger partial charge in [-0.2, -0.15) is 9.78 Å². The number of carboxylic acid groups (broad SMARTS) is 1. The van der Waals surface area contributed by atoms with E-state index in [9.17, 15) is 13.6 Å². The molecule has 2 aromatic heterocycles. The van der Waals surface area contributed by atoms with Crippen molar-refractivity contribution in [1.29, 1.82) is 0 Å². The Morgan fingerprint density at radius 1 is 1.20 bits per heavy atom. The predicted octanol–water partition coefficient (Wildman–Crippen LogP) is 5.79. The number of halogens is 3. The largest absolute Gasteiger partial charge is 0.479 e. The predicted molar refractivity (Wildman–Crippen MR) is 134 cm³/mol. The Hall–Kier alpha value is -3.40. The standard InChI is InChI=1S/C25H24BrF2N5O2/c26-11-21(29)33-24(31-12-15-6-8-16(9-7-15)22(28)25(34)35)19(14-32-33)18-10-20(27)23(30-13-18)17-4-2-1-3-5-17/h1-5,10-16,22H,6-9,29H2,(H,34,35)/b21-11+,31-12+. The van der Waals surface area contributed by atoms with Crippen molar-refractivity contribution in [3.63, 3.8) is 0 Å². The molecule has 1 saturated carbocycles. The summed E-state index contributed by atoms with van der Waals surface area (Å²) >= 11 is 3.20. The van der Waals surface area contributed by atoms with E-state index in [0.29, 0.717) is 48.2 Å². The average molecular weight is 544 g/mol. The maximum absolute atomic E-state index is 15.0. The molecule has 182 valence electrons. The first kappa shape index (κ1) is 24.7. The van der Waals surface area contributed by atoms with Crippen LogP contribution in [-0.2, 0) is 4.79 Å². The summed E-state index contributed by atoms with van der Waals surface area (Å²) in [4.78, 5) is 21.4. The minimum Gasteiger partial charge on any atom is -0.479 e. The molecule has 2 heterocycles. The fourth-order valence-corrected chi connectivity index (χ4v) is 4.46. The van der Waals surface area contributed by atoms with Gasteiger partial charge in [0.15, 0.2) is 12.0 Å². The van der Waals surface area contributed by atoms with Gasteiger partial charge in [0, 0.05) is 40.0 Å². The van der Waals surface area contributed by atoms with Crippen LogP contribution in [0.15, 0.2) is 58.8 Å². The van der Waals surface area contributed by atoms with Crippen LogP contribution in [0.5, 0.6) is 0 Å². The summed E-state index contributed by atoms with van der Waals surface area (Å²) in [5, 5.41) is 13.2. The maximum Gasteiger partial charge on any atom is 0.338 e. The highest BCUT2D eigenvalue weighted by Crippen LogP contribution is 2.35. The van der Waals surface area contributed by atoms with Crippen LogP contribution in [0, 0.1) is 17.7 Å². The number of aromatic nitrogens is 3. The van der Waals surface area contributed by atoms with Gasteiger partial charge in [0.05, 0.1) is 6.20 Å². The zero-order chi connectivity index (χ0) is 24.9. The third-order valence-corrected chi connectivity index (χ3v) is 6.64. The molecule has 0 bridgehead atoms. The van der Waals surface area contributed by atoms with E-state index < -0.39 is 23.9 Å². The molecule has 0 radical (unpaired) electrons. The number of nitrogens with zero attached hydrogens (tertiary/aromatic N) is 4. The molecule has 7 nitrogen and oxygen atoms in total. The number of pyridine rings is 1. The highest BCUT2D eigenvalue weighted by atomic mass is 79.9. The molecule has 1 aliphatic carbocycles. The minimum atomic E-state index is -1.84. The van der Waals surface area contributed by atoms with Gasteiger partial charge in [0.2, 0.25) is 0 Å². The van der Waals surface area contributed by atoms with E-state index in [-0.39, 0.29) is 17.4 Å². The van der Waals surface area contributed by atoms with Gasteiger partial charge in [0.25, 0.3) is 0 Å². The van der Waals surface area contributed by atoms with Gasteiger partial charge >= 0.3 is 5.97 Å². The molecule has 1 fully saturated rings. The van der Waals surface area contributed by atoms with Crippen molar-refractivity contribution in [3.05, 3.63) is 59.6 Å². The number of alkyl halides is 1. The van der Waals surface area contributed by atoms with Gasteiger partial charge in [-0.05, 0) is 37.7 Å². The van der Waals surface area contributed by atoms with Crippen LogP contribution < -0.4 is 5.73 Å². The molecule has 3 aromatic rings. The Balaban J connectivity index is 1.61. The Morgan fingerprint density at radius 3 is 2.54 bits per heavy atom. The van der Waals surface area contributed by atoms with E-state index in [4.69, 9.17) is 10.8 Å². The fourth-order valence-electron chi connectivity index (χ4n) is 4.26. The van der Waals surface area contributed by atoms with Crippen LogP contribution in [0.3, 0.4) is 0 Å². The lowest BCUT2D eigenvalue weighted by atomic mass is 9.80. The van der Waals surface area contributed by atoms with Crippen molar-refractivity contribution in [2.24, 2.45) is 22.6 Å². The lowest BCUT2D eigenvalue weighted by Crippen LogP contribution is -2.29. The van der Waals surface area contributed by atoms with Crippen molar-refractivity contribution in [3.8, 4) is 22.4 Å². The van der Waals surface area contributed by atoms with Crippen LogP contribution in [0.4, 0.5) is 14.6 Å². The summed E-state index contributed by atoms with van der Waals surface area (Å²) in [6, 6.07) is 10.5. The quantitative estimate of drug-likeness (QED) is 0.366. The normalized spacial score (nSPS) is 19.7. The molecule has 0 aliphatic heterocycles. The molecular weight excluding hydrogens is 520 g/mol. The van der Waals surface area contributed by atoms with Crippen molar-refractivity contribution in [2.75, 3.05) is 0 Å². The summed E-state index contributed by atoms with van der Waals surface area (Å²) < 4.78 is 30.2. The summed E-state index contributed by atoms with van der Waals surface area (Å²) in [5.41, 5.74) is 8.02. The molecule has 0 amide bonds. The molecule has 1 aromatic carbocycles. The Morgan fingerprint density at radius 2 is 1.91 bits per heavy atom. The molecule has 1 unspecified atom stereocenters. The Kier molecular flexibility index (Phi) is 7.70. The third kappa shape index (κ3) is 5.48. The van der Waals surface area contributed by atoms with E-state index in [2.05, 4.69) is 31.0 Å². The second-order valence-corrected chi connectivity index (χ2v) is 8.90. The monoisotopic (exact) mass is 543 g/mol. The molecule has 4 rings (SSSR count). The van der Waals surface area contributed by atoms with Crippen LogP contribution in [0.1, 0.15) is 25.7 Å². The van der Waals surface area contributed by atoms with Gasteiger partial charge in [-0.25, -0.2) is 18.6 Å². The van der Waals surface area contributed by atoms with Crippen LogP contribution in [-0.4, -0.2) is 38.2 Å². The number of rotatable bonds is 7.